The summed E-state index contributed by atoms with van der Waals surface area (Å²) >= 11 is 6.26. The minimum Gasteiger partial charge on any atom is -0.375 e. The Morgan fingerprint density at radius 2 is 1.79 bits per heavy atom. The minimum atomic E-state index is 0.434. The van der Waals surface area contributed by atoms with Gasteiger partial charge in [-0.1, -0.05) is 30.9 Å². The molecule has 2 fully saturated rings. The molecule has 0 unspecified atom stereocenters. The number of aromatic nitrogens is 1. The quantitative estimate of drug-likeness (QED) is 0.817. The molecule has 0 saturated heterocycles. The average molecular weight is 401 g/mol. The fourth-order valence-corrected chi connectivity index (χ4v) is 5.33. The van der Waals surface area contributed by atoms with Crippen molar-refractivity contribution in [1.29, 1.82) is 0 Å². The maximum absolute atomic E-state index is 6.43. The number of halogens is 1. The number of rotatable bonds is 3. The predicted octanol–water partition coefficient (Wildman–Crippen LogP) is 3.27. The summed E-state index contributed by atoms with van der Waals surface area (Å²) in [5.41, 5.74) is 6.80. The molecule has 0 radical (unpaired) electrons. The molecule has 0 bridgehead atoms. The second-order valence-electron chi connectivity index (χ2n) is 8.52. The molecular formula is C22H29ClN4O. The highest BCUT2D eigenvalue weighted by Crippen LogP contribution is 2.32. The van der Waals surface area contributed by atoms with Crippen LogP contribution in [0.3, 0.4) is 0 Å². The van der Waals surface area contributed by atoms with Crippen molar-refractivity contribution >= 4 is 23.4 Å². The smallest absolute Gasteiger partial charge is 0.0885 e. The molecule has 3 heterocycles. The highest BCUT2D eigenvalue weighted by molar-refractivity contribution is 6.34. The second kappa shape index (κ2) is 8.03. The van der Waals surface area contributed by atoms with E-state index in [2.05, 4.69) is 10.4 Å². The molecule has 0 atom stereocenters. The number of hydrazone groups is 1. The lowest BCUT2D eigenvalue weighted by Crippen LogP contribution is -2.34. The van der Waals surface area contributed by atoms with Gasteiger partial charge in [0.1, 0.15) is 0 Å². The number of aromatic amines is 1. The summed E-state index contributed by atoms with van der Waals surface area (Å²) in [6.07, 6.45) is 16.0. The van der Waals surface area contributed by atoms with Gasteiger partial charge in [-0.15, -0.1) is 0 Å². The topological polar surface area (TPSA) is 61.8 Å². The van der Waals surface area contributed by atoms with Gasteiger partial charge in [-0.25, -0.2) is 0 Å². The van der Waals surface area contributed by atoms with Gasteiger partial charge in [0, 0.05) is 16.5 Å². The number of hydrogen-bond acceptors (Lipinski definition) is 4. The first-order chi connectivity index (χ1) is 13.8. The van der Waals surface area contributed by atoms with Crippen LogP contribution in [0.15, 0.2) is 21.2 Å². The molecular weight excluding hydrogens is 372 g/mol. The van der Waals surface area contributed by atoms with Crippen LogP contribution in [0.5, 0.6) is 0 Å². The molecule has 6 heteroatoms. The molecule has 0 amide bonds. The predicted molar refractivity (Wildman–Crippen MR) is 112 cm³/mol. The number of allylic oxidation sites excluding steroid dienone is 1. The third-order valence-corrected chi connectivity index (χ3v) is 6.89. The van der Waals surface area contributed by atoms with Gasteiger partial charge >= 0.3 is 0 Å². The van der Waals surface area contributed by atoms with Gasteiger partial charge in [0.15, 0.2) is 0 Å². The highest BCUT2D eigenvalue weighted by Gasteiger charge is 2.31. The van der Waals surface area contributed by atoms with Crippen molar-refractivity contribution in [3.63, 3.8) is 0 Å². The van der Waals surface area contributed by atoms with Crippen molar-refractivity contribution in [2.24, 2.45) is 16.0 Å². The summed E-state index contributed by atoms with van der Waals surface area (Å²) in [6.45, 7) is 1.35. The molecule has 2 N–H and O–H groups in total. The number of fused-ring (bicyclic) bond motifs is 3. The van der Waals surface area contributed by atoms with E-state index in [-0.39, 0.29) is 0 Å². The van der Waals surface area contributed by atoms with Crippen molar-refractivity contribution in [2.75, 3.05) is 6.54 Å². The van der Waals surface area contributed by atoms with E-state index >= 15 is 0 Å². The van der Waals surface area contributed by atoms with Crippen molar-refractivity contribution < 1.29 is 4.74 Å². The fourth-order valence-electron chi connectivity index (χ4n) is 5.15. The number of H-pyrrole nitrogens is 1. The Hall–Kier alpha value is -1.59. The van der Waals surface area contributed by atoms with Gasteiger partial charge in [-0.3, -0.25) is 4.99 Å². The van der Waals surface area contributed by atoms with E-state index in [1.54, 1.807) is 0 Å². The third-order valence-electron chi connectivity index (χ3n) is 6.63. The SMILES string of the molecule is ClC1=CCN=c2c3c([nH]c2=C1)C(C1CCC(OC2CCCCC2)CC1)=NNC3. The zero-order chi connectivity index (χ0) is 18.9. The van der Waals surface area contributed by atoms with E-state index in [0.29, 0.717) is 24.7 Å². The molecule has 150 valence electrons. The lowest BCUT2D eigenvalue weighted by molar-refractivity contribution is -0.0477. The average Bonchev–Trinajstić information content (AvgIpc) is 2.95. The monoisotopic (exact) mass is 400 g/mol. The van der Waals surface area contributed by atoms with Crippen LogP contribution >= 0.6 is 11.6 Å². The normalized spacial score (nSPS) is 27.9. The second-order valence-corrected chi connectivity index (χ2v) is 8.95. The number of nitrogens with zero attached hydrogens (tertiary/aromatic N) is 2. The Kier molecular flexibility index (Phi) is 5.29. The molecule has 2 saturated carbocycles. The number of nitrogens with one attached hydrogen (secondary N) is 2. The number of ether oxygens (including phenoxy) is 1. The summed E-state index contributed by atoms with van der Waals surface area (Å²) < 4.78 is 6.43. The van der Waals surface area contributed by atoms with Gasteiger partial charge in [0.05, 0.1) is 47.4 Å². The van der Waals surface area contributed by atoms with Crippen LogP contribution in [0, 0.1) is 5.92 Å². The highest BCUT2D eigenvalue weighted by atomic mass is 35.5. The summed E-state index contributed by atoms with van der Waals surface area (Å²) in [5.74, 6) is 0.478. The zero-order valence-corrected chi connectivity index (χ0v) is 17.1. The van der Waals surface area contributed by atoms with E-state index in [0.717, 1.165) is 59.4 Å². The Bertz CT molecular complexity index is 902. The van der Waals surface area contributed by atoms with E-state index in [4.69, 9.17) is 26.4 Å². The molecule has 0 spiro atoms. The first-order valence-electron chi connectivity index (χ1n) is 10.9. The van der Waals surface area contributed by atoms with Crippen LogP contribution in [0.4, 0.5) is 0 Å². The van der Waals surface area contributed by atoms with Gasteiger partial charge in [0.25, 0.3) is 0 Å². The summed E-state index contributed by atoms with van der Waals surface area (Å²) in [5, 5.41) is 7.50. The van der Waals surface area contributed by atoms with Crippen LogP contribution in [0.25, 0.3) is 6.08 Å². The molecule has 5 rings (SSSR count). The maximum Gasteiger partial charge on any atom is 0.0885 e. The Morgan fingerprint density at radius 3 is 2.61 bits per heavy atom. The van der Waals surface area contributed by atoms with Crippen LogP contribution in [-0.4, -0.2) is 29.4 Å². The molecule has 5 nitrogen and oxygen atoms in total. The summed E-state index contributed by atoms with van der Waals surface area (Å²) in [4.78, 5) is 8.30. The standard InChI is InChI=1S/C22H29ClN4O/c23-15-10-11-24-21-18-13-25-27-20(22(18)26-19(21)12-15)14-6-8-17(9-7-14)28-16-4-2-1-3-5-16/h10,12,14,16-17,25-26H,1-9,11,13H2. The maximum atomic E-state index is 6.43. The Labute approximate surface area is 171 Å². The molecule has 1 aromatic rings. The van der Waals surface area contributed by atoms with E-state index in [1.807, 2.05) is 12.2 Å². The van der Waals surface area contributed by atoms with Crippen LogP contribution < -0.4 is 16.1 Å². The zero-order valence-electron chi connectivity index (χ0n) is 16.3. The van der Waals surface area contributed by atoms with E-state index in [1.165, 1.54) is 37.7 Å². The lowest BCUT2D eigenvalue weighted by atomic mass is 9.82. The van der Waals surface area contributed by atoms with E-state index < -0.39 is 0 Å². The lowest BCUT2D eigenvalue weighted by Gasteiger charge is -2.33. The van der Waals surface area contributed by atoms with Crippen LogP contribution in [-0.2, 0) is 11.3 Å². The third kappa shape index (κ3) is 3.67. The van der Waals surface area contributed by atoms with Crippen molar-refractivity contribution in [3.05, 3.63) is 33.1 Å². The molecule has 2 aliphatic heterocycles. The number of hydrogen-bond donors (Lipinski definition) is 2. The largest absolute Gasteiger partial charge is 0.375 e. The minimum absolute atomic E-state index is 0.434. The first kappa shape index (κ1) is 18.4. The fraction of sp³-hybridized carbons (Fsp3) is 0.636. The van der Waals surface area contributed by atoms with Crippen LogP contribution in [0.2, 0.25) is 0 Å². The molecule has 0 aromatic carbocycles. The van der Waals surface area contributed by atoms with Crippen LogP contribution in [0.1, 0.15) is 69.0 Å². The van der Waals surface area contributed by atoms with Crippen molar-refractivity contribution in [2.45, 2.75) is 76.5 Å². The van der Waals surface area contributed by atoms with E-state index in [9.17, 15) is 0 Å². The van der Waals surface area contributed by atoms with Gasteiger partial charge < -0.3 is 15.1 Å². The van der Waals surface area contributed by atoms with Gasteiger partial charge in [-0.05, 0) is 50.7 Å². The summed E-state index contributed by atoms with van der Waals surface area (Å²) in [7, 11) is 0. The molecule has 4 aliphatic rings. The first-order valence-corrected chi connectivity index (χ1v) is 11.2. The van der Waals surface area contributed by atoms with Gasteiger partial charge in [-0.2, -0.15) is 5.10 Å². The molecule has 1 aromatic heterocycles. The molecule has 2 aliphatic carbocycles. The van der Waals surface area contributed by atoms with Crippen molar-refractivity contribution in [3.8, 4) is 0 Å². The van der Waals surface area contributed by atoms with Gasteiger partial charge in [0.2, 0.25) is 0 Å². The Balaban J connectivity index is 1.31. The molecule has 28 heavy (non-hydrogen) atoms. The van der Waals surface area contributed by atoms with Crippen molar-refractivity contribution in [1.82, 2.24) is 10.4 Å². The Morgan fingerprint density at radius 1 is 1.00 bits per heavy atom. The summed E-state index contributed by atoms with van der Waals surface area (Å²) in [6, 6.07) is 0.